The van der Waals surface area contributed by atoms with Gasteiger partial charge in [0.05, 0.1) is 6.54 Å². The van der Waals surface area contributed by atoms with Crippen molar-refractivity contribution in [2.75, 3.05) is 5.32 Å². The number of nitrogens with zero attached hydrogens (tertiary/aromatic N) is 4. The molecule has 11 heteroatoms. The van der Waals surface area contributed by atoms with Crippen LogP contribution in [0.5, 0.6) is 0 Å². The highest BCUT2D eigenvalue weighted by molar-refractivity contribution is 7.15. The van der Waals surface area contributed by atoms with E-state index in [0.29, 0.717) is 9.34 Å². The largest absolute Gasteiger partial charge is 0.471 e. The van der Waals surface area contributed by atoms with Crippen LogP contribution >= 0.6 is 22.9 Å². The second-order valence-electron chi connectivity index (χ2n) is 3.67. The summed E-state index contributed by atoms with van der Waals surface area (Å²) in [4.78, 5) is 19.1. The first-order valence-electron chi connectivity index (χ1n) is 5.15. The van der Waals surface area contributed by atoms with Crippen LogP contribution in [0.25, 0.3) is 0 Å². The van der Waals surface area contributed by atoms with E-state index in [1.807, 2.05) is 0 Å². The zero-order valence-corrected chi connectivity index (χ0v) is 11.5. The zero-order chi connectivity index (χ0) is 14.9. The Morgan fingerprint density at radius 3 is 2.80 bits per heavy atom. The Labute approximate surface area is 119 Å². The van der Waals surface area contributed by atoms with Crippen LogP contribution in [0.2, 0.25) is 4.47 Å². The highest BCUT2D eigenvalue weighted by Gasteiger charge is 2.39. The number of hydrogen-bond donors (Lipinski definition) is 1. The molecule has 0 saturated carbocycles. The fourth-order valence-corrected chi connectivity index (χ4v) is 2.29. The molecule has 0 saturated heterocycles. The number of halogens is 4. The molecule has 2 rings (SSSR count). The SMILES string of the molecule is Cc1nc(NC(=O)C(F)(F)F)n(Cc2cnc(Cl)s2)n1. The minimum atomic E-state index is -4.99. The average Bonchev–Trinajstić information content (AvgIpc) is 2.85. The van der Waals surface area contributed by atoms with E-state index < -0.39 is 12.1 Å². The molecule has 0 atom stereocenters. The van der Waals surface area contributed by atoms with Crippen molar-refractivity contribution in [1.29, 1.82) is 0 Å². The number of anilines is 1. The van der Waals surface area contributed by atoms with Crippen molar-refractivity contribution in [1.82, 2.24) is 19.7 Å². The van der Waals surface area contributed by atoms with Crippen LogP contribution in [0.15, 0.2) is 6.20 Å². The van der Waals surface area contributed by atoms with Gasteiger partial charge in [0.25, 0.3) is 0 Å². The van der Waals surface area contributed by atoms with Crippen molar-refractivity contribution in [3.05, 3.63) is 21.4 Å². The number of hydrogen-bond acceptors (Lipinski definition) is 5. The van der Waals surface area contributed by atoms with Gasteiger partial charge in [-0.1, -0.05) is 11.6 Å². The summed E-state index contributed by atoms with van der Waals surface area (Å²) in [6, 6.07) is 0. The lowest BCUT2D eigenvalue weighted by atomic mass is 10.5. The van der Waals surface area contributed by atoms with Crippen molar-refractivity contribution in [2.24, 2.45) is 0 Å². The molecule has 0 bridgehead atoms. The molecule has 1 N–H and O–H groups in total. The quantitative estimate of drug-likeness (QED) is 0.939. The summed E-state index contributed by atoms with van der Waals surface area (Å²) in [5.41, 5.74) is 0. The van der Waals surface area contributed by atoms with E-state index in [2.05, 4.69) is 15.1 Å². The van der Waals surface area contributed by atoms with Crippen LogP contribution in [0.4, 0.5) is 19.1 Å². The summed E-state index contributed by atoms with van der Waals surface area (Å²) >= 11 is 6.82. The van der Waals surface area contributed by atoms with E-state index in [0.717, 1.165) is 16.0 Å². The molecule has 0 fully saturated rings. The van der Waals surface area contributed by atoms with Crippen molar-refractivity contribution >= 4 is 34.8 Å². The van der Waals surface area contributed by atoms with E-state index in [1.54, 1.807) is 5.32 Å². The minimum absolute atomic E-state index is 0.110. The highest BCUT2D eigenvalue weighted by Crippen LogP contribution is 2.21. The average molecular weight is 326 g/mol. The summed E-state index contributed by atoms with van der Waals surface area (Å²) in [7, 11) is 0. The van der Waals surface area contributed by atoms with Crippen LogP contribution < -0.4 is 5.32 Å². The molecule has 0 aliphatic heterocycles. The molecule has 6 nitrogen and oxygen atoms in total. The number of amides is 1. The van der Waals surface area contributed by atoms with Gasteiger partial charge >= 0.3 is 12.1 Å². The lowest BCUT2D eigenvalue weighted by Crippen LogP contribution is -2.31. The Morgan fingerprint density at radius 1 is 1.55 bits per heavy atom. The second-order valence-corrected chi connectivity index (χ2v) is 5.37. The Bertz CT molecular complexity index is 638. The molecule has 2 aromatic heterocycles. The fraction of sp³-hybridized carbons (Fsp3) is 0.333. The van der Waals surface area contributed by atoms with Gasteiger partial charge in [-0.05, 0) is 6.92 Å². The number of thiazole rings is 1. The van der Waals surface area contributed by atoms with Crippen LogP contribution in [0.3, 0.4) is 0 Å². The number of nitrogens with one attached hydrogen (secondary N) is 1. The summed E-state index contributed by atoms with van der Waals surface area (Å²) in [5, 5.41) is 5.58. The lowest BCUT2D eigenvalue weighted by molar-refractivity contribution is -0.167. The maximum absolute atomic E-state index is 12.2. The summed E-state index contributed by atoms with van der Waals surface area (Å²) in [5.74, 6) is -2.15. The van der Waals surface area contributed by atoms with Crippen molar-refractivity contribution in [3.63, 3.8) is 0 Å². The molecule has 0 aromatic carbocycles. The Balaban J connectivity index is 2.20. The first-order chi connectivity index (χ1) is 9.25. The zero-order valence-electron chi connectivity index (χ0n) is 9.90. The smallest absolute Gasteiger partial charge is 0.287 e. The Hall–Kier alpha value is -1.68. The molecule has 20 heavy (non-hydrogen) atoms. The van der Waals surface area contributed by atoms with E-state index >= 15 is 0 Å². The lowest BCUT2D eigenvalue weighted by Gasteiger charge is -2.08. The van der Waals surface area contributed by atoms with Gasteiger partial charge in [0.2, 0.25) is 5.95 Å². The molecule has 1 amide bonds. The van der Waals surface area contributed by atoms with Gasteiger partial charge in [0.1, 0.15) is 5.82 Å². The molecule has 0 aliphatic rings. The number of carbonyl (C=O) groups is 1. The highest BCUT2D eigenvalue weighted by atomic mass is 35.5. The first kappa shape index (κ1) is 14.7. The molecule has 0 aliphatic carbocycles. The summed E-state index contributed by atoms with van der Waals surface area (Å²) in [6.07, 6.45) is -3.52. The van der Waals surface area contributed by atoms with Gasteiger partial charge < -0.3 is 0 Å². The van der Waals surface area contributed by atoms with Gasteiger partial charge in [0, 0.05) is 11.1 Å². The fourth-order valence-electron chi connectivity index (χ4n) is 1.33. The number of aryl methyl sites for hydroxylation is 1. The molecule has 0 unspecified atom stereocenters. The molecule has 108 valence electrons. The topological polar surface area (TPSA) is 72.7 Å². The Kier molecular flexibility index (Phi) is 3.95. The third-order valence-corrected chi connectivity index (χ3v) is 3.19. The molecular formula is C9H7ClF3N5OS. The number of alkyl halides is 3. The predicted molar refractivity (Wildman–Crippen MR) is 65.7 cm³/mol. The third-order valence-electron chi connectivity index (χ3n) is 2.09. The summed E-state index contributed by atoms with van der Waals surface area (Å²) < 4.78 is 38.1. The van der Waals surface area contributed by atoms with Crippen LogP contribution in [0.1, 0.15) is 10.7 Å². The second kappa shape index (κ2) is 5.37. The third kappa shape index (κ3) is 3.45. The molecule has 0 radical (unpaired) electrons. The maximum Gasteiger partial charge on any atom is 0.471 e. The predicted octanol–water partition coefficient (Wildman–Crippen LogP) is 2.25. The number of carbonyl (C=O) groups excluding carboxylic acids is 1. The van der Waals surface area contributed by atoms with Crippen molar-refractivity contribution < 1.29 is 18.0 Å². The van der Waals surface area contributed by atoms with Gasteiger partial charge in [-0.2, -0.15) is 23.3 Å². The van der Waals surface area contributed by atoms with Crippen molar-refractivity contribution in [3.8, 4) is 0 Å². The van der Waals surface area contributed by atoms with E-state index in [1.165, 1.54) is 13.1 Å². The van der Waals surface area contributed by atoms with Crippen molar-refractivity contribution in [2.45, 2.75) is 19.6 Å². The molecule has 2 aromatic rings. The Morgan fingerprint density at radius 2 is 2.25 bits per heavy atom. The number of aromatic nitrogens is 4. The maximum atomic E-state index is 12.2. The number of rotatable bonds is 3. The first-order valence-corrected chi connectivity index (χ1v) is 6.35. The van der Waals surface area contributed by atoms with E-state index in [4.69, 9.17) is 11.6 Å². The summed E-state index contributed by atoms with van der Waals surface area (Å²) in [6.45, 7) is 1.61. The van der Waals surface area contributed by atoms with Crippen LogP contribution in [-0.4, -0.2) is 31.8 Å². The monoisotopic (exact) mass is 325 g/mol. The van der Waals surface area contributed by atoms with Gasteiger partial charge in [0.15, 0.2) is 4.47 Å². The van der Waals surface area contributed by atoms with Gasteiger partial charge in [-0.25, -0.2) is 9.67 Å². The molecule has 0 spiro atoms. The minimum Gasteiger partial charge on any atom is -0.287 e. The van der Waals surface area contributed by atoms with E-state index in [-0.39, 0.29) is 18.3 Å². The van der Waals surface area contributed by atoms with Crippen LogP contribution in [-0.2, 0) is 11.3 Å². The van der Waals surface area contributed by atoms with Crippen LogP contribution in [0, 0.1) is 6.92 Å². The van der Waals surface area contributed by atoms with E-state index in [9.17, 15) is 18.0 Å². The normalized spacial score (nSPS) is 11.7. The molecular weight excluding hydrogens is 319 g/mol. The van der Waals surface area contributed by atoms with Gasteiger partial charge in [-0.15, -0.1) is 11.3 Å². The van der Waals surface area contributed by atoms with Gasteiger partial charge in [-0.3, -0.25) is 10.1 Å². The standard InChI is InChI=1S/C9H7ClF3N5OS/c1-4-15-8(16-6(19)9(11,12)13)18(17-4)3-5-2-14-7(10)20-5/h2H,3H2,1H3,(H,15,16,17,19). The molecule has 2 heterocycles.